The van der Waals surface area contributed by atoms with Gasteiger partial charge in [-0.1, -0.05) is 353 Å². The number of hydrogen-bond donors (Lipinski definition) is 3. The van der Waals surface area contributed by atoms with E-state index in [1.165, 1.54) is 315 Å². The largest absolute Gasteiger partial charge is 0.394 e. The zero-order valence-corrected chi connectivity index (χ0v) is 47.4. The first-order valence-electron chi connectivity index (χ1n) is 32.1. The van der Waals surface area contributed by atoms with E-state index in [0.29, 0.717) is 6.42 Å². The molecule has 0 aromatic heterocycles. The number of aliphatic hydroxyl groups excluding tert-OH is 2. The minimum atomic E-state index is -0.860. The predicted molar refractivity (Wildman–Crippen MR) is 309 cm³/mol. The smallest absolute Gasteiger partial charge is 0.220 e. The summed E-state index contributed by atoms with van der Waals surface area (Å²) in [6.07, 6.45) is 82.5. The molecule has 2 unspecified atom stereocenters. The summed E-state index contributed by atoms with van der Waals surface area (Å²) < 4.78 is 0. The van der Waals surface area contributed by atoms with E-state index in [2.05, 4.69) is 31.3 Å². The lowest BCUT2D eigenvalue weighted by Gasteiger charge is -2.19. The number of nitrogens with one attached hydrogen (secondary N) is 1. The predicted octanol–water partition coefficient (Wildman–Crippen LogP) is 21.4. The summed E-state index contributed by atoms with van der Waals surface area (Å²) in [6.45, 7) is 4.34. The fourth-order valence-corrected chi connectivity index (χ4v) is 10.3. The van der Waals surface area contributed by atoms with Crippen LogP contribution in [0.3, 0.4) is 0 Å². The number of aliphatic hydroxyl groups is 2. The molecule has 1 amide bonds. The molecule has 0 radical (unpaired) electrons. The number of hydrogen-bond acceptors (Lipinski definition) is 3. The first-order valence-corrected chi connectivity index (χ1v) is 32.1. The summed E-state index contributed by atoms with van der Waals surface area (Å²) in [5.41, 5.74) is 0. The van der Waals surface area contributed by atoms with Gasteiger partial charge in [0.25, 0.3) is 0 Å². The van der Waals surface area contributed by atoms with E-state index in [0.717, 1.165) is 32.1 Å². The van der Waals surface area contributed by atoms with Crippen molar-refractivity contribution in [2.75, 3.05) is 6.61 Å². The summed E-state index contributed by atoms with van der Waals surface area (Å²) in [7, 11) is 0. The van der Waals surface area contributed by atoms with Crippen LogP contribution in [-0.4, -0.2) is 34.9 Å². The van der Waals surface area contributed by atoms with Crippen LogP contribution >= 0.6 is 0 Å². The van der Waals surface area contributed by atoms with E-state index < -0.39 is 12.1 Å². The van der Waals surface area contributed by atoms with Crippen LogP contribution in [0.15, 0.2) is 24.3 Å². The first-order chi connectivity index (χ1) is 34.2. The van der Waals surface area contributed by atoms with Gasteiger partial charge in [0.1, 0.15) is 0 Å². The highest BCUT2D eigenvalue weighted by Gasteiger charge is 2.18. The molecular weight excluding hydrogens is 843 g/mol. The van der Waals surface area contributed by atoms with Gasteiger partial charge >= 0.3 is 0 Å². The summed E-state index contributed by atoms with van der Waals surface area (Å²) in [5.74, 6) is -0.0657. The second-order valence-corrected chi connectivity index (χ2v) is 22.2. The number of unbranched alkanes of at least 4 members (excludes halogenated alkanes) is 51. The maximum Gasteiger partial charge on any atom is 0.220 e. The molecule has 4 nitrogen and oxygen atoms in total. The molecule has 0 fully saturated rings. The van der Waals surface area contributed by atoms with Crippen LogP contribution in [0, 0.1) is 0 Å². The zero-order chi connectivity index (χ0) is 49.9. The average molecular weight is 971 g/mol. The van der Waals surface area contributed by atoms with Crippen molar-refractivity contribution in [1.82, 2.24) is 5.32 Å². The zero-order valence-electron chi connectivity index (χ0n) is 47.4. The van der Waals surface area contributed by atoms with Gasteiger partial charge in [-0.05, 0) is 32.1 Å². The van der Waals surface area contributed by atoms with Gasteiger partial charge in [0.15, 0.2) is 0 Å². The van der Waals surface area contributed by atoms with Crippen molar-refractivity contribution in [2.45, 2.75) is 379 Å². The van der Waals surface area contributed by atoms with Crippen LogP contribution in [-0.2, 0) is 4.79 Å². The molecule has 0 bridgehead atoms. The van der Waals surface area contributed by atoms with Crippen molar-refractivity contribution >= 4 is 5.91 Å². The maximum absolute atomic E-state index is 12.5. The Hall–Kier alpha value is -1.13. The summed E-state index contributed by atoms with van der Waals surface area (Å²) >= 11 is 0. The Balaban J connectivity index is 3.39. The van der Waals surface area contributed by atoms with Crippen LogP contribution in [0.4, 0.5) is 0 Å². The monoisotopic (exact) mass is 970 g/mol. The molecule has 0 aromatic carbocycles. The Morgan fingerprint density at radius 3 is 0.841 bits per heavy atom. The van der Waals surface area contributed by atoms with Gasteiger partial charge in [0.05, 0.1) is 18.8 Å². The van der Waals surface area contributed by atoms with Gasteiger partial charge in [0, 0.05) is 6.42 Å². The molecule has 0 saturated carbocycles. The molecule has 0 rings (SSSR count). The van der Waals surface area contributed by atoms with Gasteiger partial charge in [0.2, 0.25) is 5.91 Å². The highest BCUT2D eigenvalue weighted by molar-refractivity contribution is 5.76. The minimum Gasteiger partial charge on any atom is -0.394 e. The molecule has 0 aliphatic carbocycles. The lowest BCUT2D eigenvalue weighted by Crippen LogP contribution is -2.45. The lowest BCUT2D eigenvalue weighted by atomic mass is 10.0. The van der Waals surface area contributed by atoms with Gasteiger partial charge in [-0.2, -0.15) is 0 Å². The lowest BCUT2D eigenvalue weighted by molar-refractivity contribution is -0.123. The summed E-state index contributed by atoms with van der Waals surface area (Å²) in [5, 5.41) is 23.2. The molecular formula is C65H127NO3. The quantitative estimate of drug-likeness (QED) is 0.0420. The third-order valence-corrected chi connectivity index (χ3v) is 15.2. The van der Waals surface area contributed by atoms with Crippen LogP contribution < -0.4 is 5.32 Å². The number of carbonyl (C=O) groups is 1. The number of amides is 1. The summed E-state index contributed by atoms with van der Waals surface area (Å²) in [4.78, 5) is 12.5. The molecule has 0 saturated heterocycles. The molecule has 410 valence electrons. The van der Waals surface area contributed by atoms with Crippen molar-refractivity contribution in [1.29, 1.82) is 0 Å². The molecule has 0 aliphatic rings. The third kappa shape index (κ3) is 57.6. The van der Waals surface area contributed by atoms with Crippen LogP contribution in [0.1, 0.15) is 367 Å². The fraction of sp³-hybridized carbons (Fsp3) is 0.923. The maximum atomic E-state index is 12.5. The Morgan fingerprint density at radius 1 is 0.333 bits per heavy atom. The summed E-state index contributed by atoms with van der Waals surface area (Å²) in [6, 6.07) is -0.636. The van der Waals surface area contributed by atoms with Crippen molar-refractivity contribution in [3.8, 4) is 0 Å². The number of rotatable bonds is 60. The van der Waals surface area contributed by atoms with E-state index in [1.54, 1.807) is 6.08 Å². The van der Waals surface area contributed by atoms with E-state index in [1.807, 2.05) is 6.08 Å². The van der Waals surface area contributed by atoms with Crippen molar-refractivity contribution < 1.29 is 15.0 Å². The van der Waals surface area contributed by atoms with Crippen molar-refractivity contribution in [3.05, 3.63) is 24.3 Å². The minimum absolute atomic E-state index is 0.0657. The number of allylic oxidation sites excluding steroid dienone is 3. The second-order valence-electron chi connectivity index (χ2n) is 22.2. The molecule has 3 N–H and O–H groups in total. The molecule has 69 heavy (non-hydrogen) atoms. The molecule has 2 atom stereocenters. The van der Waals surface area contributed by atoms with Crippen molar-refractivity contribution in [2.24, 2.45) is 0 Å². The Kier molecular flexibility index (Phi) is 60.2. The topological polar surface area (TPSA) is 69.6 Å². The highest BCUT2D eigenvalue weighted by atomic mass is 16.3. The van der Waals surface area contributed by atoms with Gasteiger partial charge < -0.3 is 15.5 Å². The van der Waals surface area contributed by atoms with Crippen LogP contribution in [0.25, 0.3) is 0 Å². The second kappa shape index (κ2) is 61.2. The van der Waals surface area contributed by atoms with Crippen LogP contribution in [0.2, 0.25) is 0 Å². The Labute approximate surface area is 434 Å². The van der Waals surface area contributed by atoms with Crippen LogP contribution in [0.5, 0.6) is 0 Å². The molecule has 4 heteroatoms. The van der Waals surface area contributed by atoms with Gasteiger partial charge in [-0.25, -0.2) is 0 Å². The van der Waals surface area contributed by atoms with Gasteiger partial charge in [-0.15, -0.1) is 0 Å². The van der Waals surface area contributed by atoms with Gasteiger partial charge in [-0.3, -0.25) is 4.79 Å². The average Bonchev–Trinajstić information content (AvgIpc) is 3.35. The van der Waals surface area contributed by atoms with E-state index in [9.17, 15) is 15.0 Å². The Bertz CT molecular complexity index is 1010. The third-order valence-electron chi connectivity index (χ3n) is 15.2. The molecule has 0 heterocycles. The SMILES string of the molecule is CCCCCCCCCCCCCCC/C=C/CC/C=C/C(O)C(CO)NC(=O)CCCCCCCCCCCCCCCCCCCCCCCCCCCCCCCCCCCCCCCC. The number of carbonyl (C=O) groups excluding carboxylic acids is 1. The molecule has 0 spiro atoms. The molecule has 0 aliphatic heterocycles. The highest BCUT2D eigenvalue weighted by Crippen LogP contribution is 2.19. The fourth-order valence-electron chi connectivity index (χ4n) is 10.3. The first kappa shape index (κ1) is 67.9. The molecule has 0 aromatic rings. The van der Waals surface area contributed by atoms with E-state index >= 15 is 0 Å². The van der Waals surface area contributed by atoms with Crippen molar-refractivity contribution in [3.63, 3.8) is 0 Å². The standard InChI is InChI=1S/C65H127NO3/c1-3-5-7-9-11-13-15-17-19-21-23-24-25-26-27-28-29-30-31-32-33-34-35-36-37-38-39-40-41-43-45-47-49-51-53-55-57-59-61-65(69)66-63(62-67)64(68)60-58-56-54-52-50-48-46-44-42-22-20-18-16-14-12-10-8-6-4-2/h50,52,58,60,63-64,67-68H,3-49,51,53-57,59,61-62H2,1-2H3,(H,66,69)/b52-50+,60-58+. The Morgan fingerprint density at radius 2 is 0.565 bits per heavy atom. The normalized spacial score (nSPS) is 12.8. The van der Waals surface area contributed by atoms with E-state index in [-0.39, 0.29) is 12.5 Å². The van der Waals surface area contributed by atoms with E-state index in [4.69, 9.17) is 0 Å².